The van der Waals surface area contributed by atoms with Gasteiger partial charge in [-0.2, -0.15) is 26.3 Å². The number of carbonyl (C=O) groups is 1. The minimum Gasteiger partial charge on any atom is -0.341 e. The highest BCUT2D eigenvalue weighted by atomic mass is 35.5. The largest absolute Gasteiger partial charge is 0.416 e. The summed E-state index contributed by atoms with van der Waals surface area (Å²) >= 11 is 0. The van der Waals surface area contributed by atoms with Crippen molar-refractivity contribution in [1.29, 1.82) is 0 Å². The lowest BCUT2D eigenvalue weighted by Crippen LogP contribution is -2.34. The van der Waals surface area contributed by atoms with Gasteiger partial charge in [-0.1, -0.05) is 24.3 Å². The third-order valence-corrected chi connectivity index (χ3v) is 5.34. The van der Waals surface area contributed by atoms with Gasteiger partial charge in [0.25, 0.3) is 0 Å². The zero-order chi connectivity index (χ0) is 25.1. The molecule has 0 saturated heterocycles. The Morgan fingerprint density at radius 2 is 1.51 bits per heavy atom. The zero-order valence-electron chi connectivity index (χ0n) is 18.2. The molecule has 3 rings (SSSR count). The monoisotopic (exact) mass is 520 g/mol. The molecule has 3 nitrogen and oxygen atoms in total. The van der Waals surface area contributed by atoms with Crippen LogP contribution in [0.1, 0.15) is 28.7 Å². The number of allylic oxidation sites excluding steroid dienone is 3. The van der Waals surface area contributed by atoms with E-state index in [0.29, 0.717) is 17.7 Å². The fourth-order valence-electron chi connectivity index (χ4n) is 3.58. The van der Waals surface area contributed by atoms with Gasteiger partial charge < -0.3 is 4.90 Å². The number of amides is 1. The number of alkyl halides is 6. The van der Waals surface area contributed by atoms with Crippen LogP contribution in [0.15, 0.2) is 71.9 Å². The van der Waals surface area contributed by atoms with Crippen molar-refractivity contribution in [3.63, 3.8) is 0 Å². The minimum atomic E-state index is -4.98. The lowest BCUT2D eigenvalue weighted by Gasteiger charge is -2.29. The summed E-state index contributed by atoms with van der Waals surface area (Å²) in [7, 11) is 1.29. The van der Waals surface area contributed by atoms with Gasteiger partial charge in [0.2, 0.25) is 5.91 Å². The third kappa shape index (κ3) is 6.94. The molecule has 0 spiro atoms. The van der Waals surface area contributed by atoms with E-state index in [-0.39, 0.29) is 30.5 Å². The minimum absolute atomic E-state index is 0. The number of carbonyl (C=O) groups excluding carboxylic acids is 1. The van der Waals surface area contributed by atoms with E-state index in [0.717, 1.165) is 4.90 Å². The summed E-state index contributed by atoms with van der Waals surface area (Å²) in [5.41, 5.74) is -3.70. The quantitative estimate of drug-likeness (QED) is 0.403. The van der Waals surface area contributed by atoms with E-state index in [1.807, 2.05) is 0 Å². The highest BCUT2D eigenvalue weighted by molar-refractivity contribution is 5.85. The van der Waals surface area contributed by atoms with Gasteiger partial charge in [-0.25, -0.2) is 4.39 Å². The summed E-state index contributed by atoms with van der Waals surface area (Å²) in [5.74, 6) is -1.03. The molecule has 1 heterocycles. The second-order valence-corrected chi connectivity index (χ2v) is 7.86. The second-order valence-electron chi connectivity index (χ2n) is 7.86. The fraction of sp³-hybridized carbons (Fsp3) is 0.250. The van der Waals surface area contributed by atoms with Crippen LogP contribution in [0.4, 0.5) is 30.7 Å². The molecule has 2 aromatic carbocycles. The number of rotatable bonds is 5. The highest BCUT2D eigenvalue weighted by Gasteiger charge is 2.37. The molecule has 1 aliphatic rings. The number of aliphatic imine (C=N–C) groups is 1. The Hall–Kier alpha value is -3.14. The fourth-order valence-corrected chi connectivity index (χ4v) is 3.58. The molecular weight excluding hydrogens is 501 g/mol. The highest BCUT2D eigenvalue weighted by Crippen LogP contribution is 2.37. The first kappa shape index (κ1) is 28.1. The normalized spacial score (nSPS) is 17.6. The van der Waals surface area contributed by atoms with E-state index in [2.05, 4.69) is 4.99 Å². The molecule has 0 radical (unpaired) electrons. The van der Waals surface area contributed by atoms with Crippen molar-refractivity contribution >= 4 is 24.5 Å². The van der Waals surface area contributed by atoms with Crippen LogP contribution in [0.2, 0.25) is 0 Å². The first-order valence-electron chi connectivity index (χ1n) is 9.97. The molecule has 11 heteroatoms. The molecule has 1 atom stereocenters. The molecule has 0 N–H and O–H groups in total. The van der Waals surface area contributed by atoms with Crippen LogP contribution in [-0.4, -0.2) is 24.1 Å². The molecule has 188 valence electrons. The Bertz CT molecular complexity index is 1090. The predicted molar refractivity (Wildman–Crippen MR) is 120 cm³/mol. The van der Waals surface area contributed by atoms with E-state index < -0.39 is 47.2 Å². The molecule has 0 saturated carbocycles. The molecule has 1 amide bonds. The first-order valence-corrected chi connectivity index (χ1v) is 9.97. The van der Waals surface area contributed by atoms with Crippen LogP contribution in [-0.2, 0) is 29.1 Å². The number of hydrogen-bond acceptors (Lipinski definition) is 2. The van der Waals surface area contributed by atoms with Crippen LogP contribution in [0.3, 0.4) is 0 Å². The topological polar surface area (TPSA) is 32.7 Å². The van der Waals surface area contributed by atoms with Crippen LogP contribution >= 0.6 is 12.4 Å². The Morgan fingerprint density at radius 3 is 2.06 bits per heavy atom. The van der Waals surface area contributed by atoms with Crippen molar-refractivity contribution in [2.45, 2.75) is 30.7 Å². The molecule has 0 fully saturated rings. The van der Waals surface area contributed by atoms with Crippen LogP contribution in [0, 0.1) is 5.82 Å². The van der Waals surface area contributed by atoms with Gasteiger partial charge in [0.05, 0.1) is 11.1 Å². The van der Waals surface area contributed by atoms with Crippen molar-refractivity contribution in [1.82, 2.24) is 4.90 Å². The predicted octanol–water partition coefficient (Wildman–Crippen LogP) is 6.73. The third-order valence-electron chi connectivity index (χ3n) is 5.34. The van der Waals surface area contributed by atoms with E-state index in [1.165, 1.54) is 43.7 Å². The van der Waals surface area contributed by atoms with Crippen molar-refractivity contribution in [2.24, 2.45) is 4.99 Å². The van der Waals surface area contributed by atoms with E-state index in [1.54, 1.807) is 18.2 Å². The maximum absolute atomic E-state index is 13.4. The Labute approximate surface area is 203 Å². The van der Waals surface area contributed by atoms with Crippen LogP contribution in [0.5, 0.6) is 0 Å². The Morgan fingerprint density at radius 1 is 0.943 bits per heavy atom. The lowest BCUT2D eigenvalue weighted by molar-refractivity contribution is -0.143. The summed E-state index contributed by atoms with van der Waals surface area (Å²) in [6.45, 7) is -0.477. The zero-order valence-corrected chi connectivity index (χ0v) is 19.0. The number of nitrogens with zero attached hydrogens (tertiary/aromatic N) is 2. The second kappa shape index (κ2) is 10.6. The van der Waals surface area contributed by atoms with Crippen molar-refractivity contribution in [3.05, 3.63) is 95.0 Å². The molecule has 0 aliphatic carbocycles. The average Bonchev–Trinajstić information content (AvgIpc) is 2.99. The summed E-state index contributed by atoms with van der Waals surface area (Å²) < 4.78 is 92.3. The van der Waals surface area contributed by atoms with Gasteiger partial charge in [-0.15, -0.1) is 12.4 Å². The van der Waals surface area contributed by atoms with Gasteiger partial charge in [0.15, 0.2) is 0 Å². The van der Waals surface area contributed by atoms with E-state index in [4.69, 9.17) is 0 Å². The molecule has 35 heavy (non-hydrogen) atoms. The van der Waals surface area contributed by atoms with Gasteiger partial charge in [0, 0.05) is 37.8 Å². The Balaban J connectivity index is 0.00000432. The van der Waals surface area contributed by atoms with E-state index in [9.17, 15) is 35.5 Å². The van der Waals surface area contributed by atoms with Crippen molar-refractivity contribution in [2.75, 3.05) is 7.05 Å². The lowest BCUT2D eigenvalue weighted by atomic mass is 9.77. The van der Waals surface area contributed by atoms with Crippen LogP contribution in [0.25, 0.3) is 0 Å². The molecule has 2 aromatic rings. The SMILES string of the molecule is CN(Cc1cc(C(F)(F)F)cc(C(F)(F)F)c1)C(=O)CC1(c2ccc(F)cc2)C=CC=NC=C1.Cl. The van der Waals surface area contributed by atoms with Crippen LogP contribution < -0.4 is 0 Å². The molecular formula is C24H20ClF7N2O. The summed E-state index contributed by atoms with van der Waals surface area (Å²) in [4.78, 5) is 18.1. The summed E-state index contributed by atoms with van der Waals surface area (Å²) in [6, 6.07) is 6.65. The summed E-state index contributed by atoms with van der Waals surface area (Å²) in [6.07, 6.45) is -2.35. The van der Waals surface area contributed by atoms with Gasteiger partial charge >= 0.3 is 12.4 Å². The number of hydrogen-bond donors (Lipinski definition) is 0. The number of benzene rings is 2. The smallest absolute Gasteiger partial charge is 0.341 e. The molecule has 0 aromatic heterocycles. The van der Waals surface area contributed by atoms with Gasteiger partial charge in [0.1, 0.15) is 5.82 Å². The summed E-state index contributed by atoms with van der Waals surface area (Å²) in [5, 5.41) is 0. The average molecular weight is 521 g/mol. The number of halogens is 8. The van der Waals surface area contributed by atoms with Crippen molar-refractivity contribution < 1.29 is 35.5 Å². The molecule has 1 aliphatic heterocycles. The molecule has 1 unspecified atom stereocenters. The maximum Gasteiger partial charge on any atom is 0.416 e. The van der Waals surface area contributed by atoms with Crippen molar-refractivity contribution in [3.8, 4) is 0 Å². The molecule has 0 bridgehead atoms. The van der Waals surface area contributed by atoms with Gasteiger partial charge in [-0.05, 0) is 47.5 Å². The Kier molecular flexibility index (Phi) is 8.54. The van der Waals surface area contributed by atoms with E-state index >= 15 is 0 Å². The van der Waals surface area contributed by atoms with Gasteiger partial charge in [-0.3, -0.25) is 9.79 Å². The standard InChI is InChI=1S/C24H19F7N2O.ClH/c1-33(15-16-11-18(23(26,27)28)13-19(12-16)24(29,30)31)21(34)14-22(7-2-9-32-10-8-22)17-3-5-20(25)6-4-17;/h2-13H,14-15H2,1H3;1H. The maximum atomic E-state index is 13.4. The first-order chi connectivity index (χ1) is 15.8.